The lowest BCUT2D eigenvalue weighted by Gasteiger charge is -2.10. The van der Waals surface area contributed by atoms with Gasteiger partial charge in [-0.15, -0.1) is 11.3 Å². The summed E-state index contributed by atoms with van der Waals surface area (Å²) in [4.78, 5) is 13.3. The predicted octanol–water partition coefficient (Wildman–Crippen LogP) is 2.42. The van der Waals surface area contributed by atoms with E-state index in [1.165, 1.54) is 16.2 Å². The van der Waals surface area contributed by atoms with E-state index in [-0.39, 0.29) is 0 Å². The molecule has 1 aromatic heterocycles. The Balaban J connectivity index is 2.57. The summed E-state index contributed by atoms with van der Waals surface area (Å²) in [5, 5.41) is 1.91. The Morgan fingerprint density at radius 3 is 2.77 bits per heavy atom. The normalized spacial score (nSPS) is 9.38. The molecule has 1 heterocycles. The molecule has 0 saturated heterocycles. The molecule has 70 valence electrons. The van der Waals surface area contributed by atoms with Gasteiger partial charge < -0.3 is 9.64 Å². The van der Waals surface area contributed by atoms with Gasteiger partial charge in [0, 0.05) is 14.1 Å². The van der Waals surface area contributed by atoms with E-state index in [0.29, 0.717) is 5.76 Å². The first-order valence-electron chi connectivity index (χ1n) is 3.73. The summed E-state index contributed by atoms with van der Waals surface area (Å²) in [6, 6.07) is 3.74. The average molecular weight is 197 g/mol. The number of hydrogen-bond donors (Lipinski definition) is 0. The third-order valence-electron chi connectivity index (χ3n) is 1.37. The van der Waals surface area contributed by atoms with Crippen molar-refractivity contribution in [3.8, 4) is 0 Å². The molecule has 0 N–H and O–H groups in total. The zero-order valence-electron chi connectivity index (χ0n) is 7.61. The van der Waals surface area contributed by atoms with Crippen LogP contribution in [0, 0.1) is 0 Å². The molecule has 4 heteroatoms. The van der Waals surface area contributed by atoms with Gasteiger partial charge in [-0.2, -0.15) is 0 Å². The van der Waals surface area contributed by atoms with Crippen molar-refractivity contribution in [3.05, 3.63) is 29.0 Å². The van der Waals surface area contributed by atoms with Crippen molar-refractivity contribution in [1.29, 1.82) is 0 Å². The van der Waals surface area contributed by atoms with Crippen LogP contribution in [0.1, 0.15) is 4.88 Å². The lowest BCUT2D eigenvalue weighted by molar-refractivity contribution is 0.163. The molecule has 0 aliphatic heterocycles. The summed E-state index contributed by atoms with van der Waals surface area (Å²) in [6.45, 7) is 3.66. The molecule has 0 aliphatic carbocycles. The van der Waals surface area contributed by atoms with E-state index >= 15 is 0 Å². The molecule has 0 radical (unpaired) electrons. The topological polar surface area (TPSA) is 29.5 Å². The highest BCUT2D eigenvalue weighted by molar-refractivity contribution is 7.11. The van der Waals surface area contributed by atoms with Crippen LogP contribution in [0.4, 0.5) is 4.79 Å². The lowest BCUT2D eigenvalue weighted by Crippen LogP contribution is -2.21. The SMILES string of the molecule is C=C(OC(=O)N(C)C)c1cccs1. The number of rotatable bonds is 2. The molecule has 0 aliphatic rings. The Bertz CT molecular complexity index is 303. The maximum absolute atomic E-state index is 11.1. The van der Waals surface area contributed by atoms with Gasteiger partial charge >= 0.3 is 6.09 Å². The number of ether oxygens (including phenoxy) is 1. The minimum Gasteiger partial charge on any atom is -0.409 e. The van der Waals surface area contributed by atoms with E-state index in [4.69, 9.17) is 4.74 Å². The maximum atomic E-state index is 11.1. The highest BCUT2D eigenvalue weighted by Crippen LogP contribution is 2.19. The maximum Gasteiger partial charge on any atom is 0.414 e. The van der Waals surface area contributed by atoms with Crippen molar-refractivity contribution < 1.29 is 9.53 Å². The van der Waals surface area contributed by atoms with E-state index < -0.39 is 6.09 Å². The molecule has 1 rings (SSSR count). The molecule has 1 aromatic rings. The molecule has 1 amide bonds. The zero-order valence-corrected chi connectivity index (χ0v) is 8.43. The first-order valence-corrected chi connectivity index (χ1v) is 4.61. The predicted molar refractivity (Wildman–Crippen MR) is 53.5 cm³/mol. The number of carbonyl (C=O) groups excluding carboxylic acids is 1. The van der Waals surface area contributed by atoms with Crippen LogP contribution in [0.5, 0.6) is 0 Å². The van der Waals surface area contributed by atoms with E-state index in [9.17, 15) is 4.79 Å². The van der Waals surface area contributed by atoms with E-state index in [2.05, 4.69) is 6.58 Å². The van der Waals surface area contributed by atoms with Gasteiger partial charge in [-0.25, -0.2) is 4.79 Å². The molecule has 3 nitrogen and oxygen atoms in total. The number of thiophene rings is 1. The number of carbonyl (C=O) groups is 1. The number of nitrogens with zero attached hydrogens (tertiary/aromatic N) is 1. The van der Waals surface area contributed by atoms with Gasteiger partial charge in [-0.05, 0) is 11.4 Å². The average Bonchev–Trinajstić information content (AvgIpc) is 2.55. The minimum atomic E-state index is -0.404. The van der Waals surface area contributed by atoms with E-state index in [0.717, 1.165) is 4.88 Å². The molecule has 0 aromatic carbocycles. The second-order valence-electron chi connectivity index (χ2n) is 2.66. The Morgan fingerprint density at radius 2 is 2.31 bits per heavy atom. The first kappa shape index (κ1) is 9.80. The van der Waals surface area contributed by atoms with Gasteiger partial charge in [0.2, 0.25) is 0 Å². The highest BCUT2D eigenvalue weighted by Gasteiger charge is 2.09. The molecule has 0 fully saturated rings. The Morgan fingerprint density at radius 1 is 1.62 bits per heavy atom. The van der Waals surface area contributed by atoms with E-state index in [1.807, 2.05) is 17.5 Å². The van der Waals surface area contributed by atoms with Crippen LogP contribution in [-0.4, -0.2) is 25.1 Å². The highest BCUT2D eigenvalue weighted by atomic mass is 32.1. The van der Waals surface area contributed by atoms with Crippen LogP contribution in [0.2, 0.25) is 0 Å². The molecule has 0 saturated carbocycles. The fourth-order valence-electron chi connectivity index (χ4n) is 0.684. The van der Waals surface area contributed by atoms with Crippen LogP contribution in [0.15, 0.2) is 24.1 Å². The molecule has 0 bridgehead atoms. The third-order valence-corrected chi connectivity index (χ3v) is 2.28. The Labute approximate surface area is 81.2 Å². The van der Waals surface area contributed by atoms with Gasteiger partial charge in [0.05, 0.1) is 4.88 Å². The summed E-state index contributed by atoms with van der Waals surface area (Å²) < 4.78 is 4.96. The Kier molecular flexibility index (Phi) is 3.08. The van der Waals surface area contributed by atoms with Crippen molar-refractivity contribution in [2.45, 2.75) is 0 Å². The van der Waals surface area contributed by atoms with Crippen LogP contribution < -0.4 is 0 Å². The smallest absolute Gasteiger partial charge is 0.409 e. The van der Waals surface area contributed by atoms with Crippen LogP contribution in [0.25, 0.3) is 5.76 Å². The van der Waals surface area contributed by atoms with Crippen LogP contribution in [0.3, 0.4) is 0 Å². The van der Waals surface area contributed by atoms with Crippen LogP contribution in [-0.2, 0) is 4.74 Å². The molecule has 0 atom stereocenters. The second kappa shape index (κ2) is 4.09. The zero-order chi connectivity index (χ0) is 9.84. The third kappa shape index (κ3) is 2.59. The fourth-order valence-corrected chi connectivity index (χ4v) is 1.32. The minimum absolute atomic E-state index is 0.397. The van der Waals surface area contributed by atoms with Crippen molar-refractivity contribution in [3.63, 3.8) is 0 Å². The van der Waals surface area contributed by atoms with Crippen molar-refractivity contribution in [1.82, 2.24) is 4.90 Å². The molecule has 13 heavy (non-hydrogen) atoms. The summed E-state index contributed by atoms with van der Waals surface area (Å²) in [5.74, 6) is 0.397. The largest absolute Gasteiger partial charge is 0.414 e. The molecular formula is C9H11NO2S. The van der Waals surface area contributed by atoms with Gasteiger partial charge in [0.25, 0.3) is 0 Å². The van der Waals surface area contributed by atoms with Gasteiger partial charge in [-0.3, -0.25) is 0 Å². The summed E-state index contributed by atoms with van der Waals surface area (Å²) in [5.41, 5.74) is 0. The monoisotopic (exact) mass is 197 g/mol. The van der Waals surface area contributed by atoms with Gasteiger partial charge in [0.15, 0.2) is 0 Å². The molecular weight excluding hydrogens is 186 g/mol. The Hall–Kier alpha value is -1.29. The fraction of sp³-hybridized carbons (Fsp3) is 0.222. The molecule has 0 unspecified atom stereocenters. The van der Waals surface area contributed by atoms with E-state index in [1.54, 1.807) is 14.1 Å². The standard InChI is InChI=1S/C9H11NO2S/c1-7(8-5-4-6-13-8)12-9(11)10(2)3/h4-6H,1H2,2-3H3. The van der Waals surface area contributed by atoms with Crippen molar-refractivity contribution >= 4 is 23.2 Å². The summed E-state index contributed by atoms with van der Waals surface area (Å²) in [7, 11) is 3.26. The summed E-state index contributed by atoms with van der Waals surface area (Å²) >= 11 is 1.49. The number of amides is 1. The lowest BCUT2D eigenvalue weighted by atomic mass is 10.4. The second-order valence-corrected chi connectivity index (χ2v) is 3.61. The molecule has 0 spiro atoms. The van der Waals surface area contributed by atoms with Gasteiger partial charge in [-0.1, -0.05) is 12.6 Å². The van der Waals surface area contributed by atoms with Crippen molar-refractivity contribution in [2.24, 2.45) is 0 Å². The van der Waals surface area contributed by atoms with Gasteiger partial charge in [0.1, 0.15) is 5.76 Å². The summed E-state index contributed by atoms with van der Waals surface area (Å²) in [6.07, 6.45) is -0.404. The number of hydrogen-bond acceptors (Lipinski definition) is 3. The quantitative estimate of drug-likeness (QED) is 0.681. The van der Waals surface area contributed by atoms with Crippen molar-refractivity contribution in [2.75, 3.05) is 14.1 Å². The first-order chi connectivity index (χ1) is 6.11. The van der Waals surface area contributed by atoms with Crippen LogP contribution >= 0.6 is 11.3 Å².